The number of carboxylic acid groups (broad SMARTS) is 1. The smallest absolute Gasteiger partial charge is 0.326 e. The normalized spacial score (nSPS) is 31.0. The second-order valence-electron chi connectivity index (χ2n) is 6.40. The molecule has 2 saturated heterocycles. The van der Waals surface area contributed by atoms with E-state index in [1.807, 2.05) is 7.05 Å². The van der Waals surface area contributed by atoms with Crippen molar-refractivity contribution < 1.29 is 14.7 Å². The summed E-state index contributed by atoms with van der Waals surface area (Å²) in [6.45, 7) is 4.53. The second-order valence-corrected chi connectivity index (χ2v) is 6.40. The van der Waals surface area contributed by atoms with E-state index in [0.29, 0.717) is 18.9 Å². The fourth-order valence-electron chi connectivity index (χ4n) is 3.43. The summed E-state index contributed by atoms with van der Waals surface area (Å²) in [6.07, 6.45) is 4.50. The molecule has 2 aliphatic heterocycles. The maximum Gasteiger partial charge on any atom is 0.326 e. The molecule has 2 rings (SSSR count). The maximum absolute atomic E-state index is 12.4. The topological polar surface area (TPSA) is 72.9 Å². The van der Waals surface area contributed by atoms with Crippen molar-refractivity contribution in [2.24, 2.45) is 5.92 Å². The number of carbonyl (C=O) groups is 2. The highest BCUT2D eigenvalue weighted by molar-refractivity contribution is 5.83. The van der Waals surface area contributed by atoms with E-state index < -0.39 is 12.0 Å². The number of carbonyl (C=O) groups excluding carboxylic acids is 1. The molecule has 0 spiro atoms. The fourth-order valence-corrected chi connectivity index (χ4v) is 3.43. The Hall–Kier alpha value is -1.30. The molecule has 2 aliphatic rings. The summed E-state index contributed by atoms with van der Waals surface area (Å²) in [5.74, 6) is -0.472. The van der Waals surface area contributed by atoms with Crippen LogP contribution >= 0.6 is 0 Å². The number of aliphatic carboxylic acids is 1. The van der Waals surface area contributed by atoms with Crippen molar-refractivity contribution in [2.45, 2.75) is 51.1 Å². The summed E-state index contributed by atoms with van der Waals surface area (Å²) in [6, 6.07) is -0.753. The van der Waals surface area contributed by atoms with Crippen LogP contribution < -0.4 is 5.32 Å². The van der Waals surface area contributed by atoms with Gasteiger partial charge in [-0.15, -0.1) is 0 Å². The molecule has 0 aromatic rings. The third-order valence-electron chi connectivity index (χ3n) is 4.79. The van der Waals surface area contributed by atoms with Crippen molar-refractivity contribution >= 4 is 12.0 Å². The molecule has 0 aliphatic carbocycles. The van der Waals surface area contributed by atoms with Gasteiger partial charge >= 0.3 is 12.0 Å². The lowest BCUT2D eigenvalue weighted by atomic mass is 9.89. The van der Waals surface area contributed by atoms with E-state index in [1.54, 1.807) is 0 Å². The molecule has 0 saturated carbocycles. The molecular weight excluding hydrogens is 270 g/mol. The number of hydrogen-bond acceptors (Lipinski definition) is 3. The number of urea groups is 1. The molecule has 3 unspecified atom stereocenters. The SMILES string of the molecule is CCC1CCN(C(=O)NC2CCCN(C)C2)C(C(=O)O)C1. The zero-order chi connectivity index (χ0) is 15.4. The van der Waals surface area contributed by atoms with Gasteiger partial charge in [0.05, 0.1) is 0 Å². The van der Waals surface area contributed by atoms with E-state index in [-0.39, 0.29) is 12.1 Å². The Kier molecular flexibility index (Phi) is 5.45. The highest BCUT2D eigenvalue weighted by Gasteiger charge is 2.36. The highest BCUT2D eigenvalue weighted by atomic mass is 16.4. The Morgan fingerprint density at radius 1 is 1.29 bits per heavy atom. The minimum absolute atomic E-state index is 0.134. The van der Waals surface area contributed by atoms with Gasteiger partial charge in [0.25, 0.3) is 0 Å². The van der Waals surface area contributed by atoms with Crippen LogP contribution in [0.5, 0.6) is 0 Å². The van der Waals surface area contributed by atoms with Crippen LogP contribution in [0.2, 0.25) is 0 Å². The number of amides is 2. The molecule has 6 heteroatoms. The number of nitrogens with zero attached hydrogens (tertiary/aromatic N) is 2. The number of hydrogen-bond donors (Lipinski definition) is 2. The lowest BCUT2D eigenvalue weighted by Gasteiger charge is -2.38. The minimum Gasteiger partial charge on any atom is -0.480 e. The van der Waals surface area contributed by atoms with Crippen LogP contribution in [0.3, 0.4) is 0 Å². The van der Waals surface area contributed by atoms with Crippen LogP contribution in [0.4, 0.5) is 4.79 Å². The lowest BCUT2D eigenvalue weighted by molar-refractivity contribution is -0.144. The van der Waals surface area contributed by atoms with Crippen molar-refractivity contribution in [3.63, 3.8) is 0 Å². The van der Waals surface area contributed by atoms with Crippen LogP contribution in [0, 0.1) is 5.92 Å². The van der Waals surface area contributed by atoms with Crippen molar-refractivity contribution in [1.82, 2.24) is 15.1 Å². The first-order chi connectivity index (χ1) is 10.0. The number of piperidine rings is 2. The van der Waals surface area contributed by atoms with Gasteiger partial charge in [-0.2, -0.15) is 0 Å². The molecule has 2 heterocycles. The van der Waals surface area contributed by atoms with Gasteiger partial charge in [0.15, 0.2) is 0 Å². The Labute approximate surface area is 126 Å². The molecule has 0 aromatic heterocycles. The molecule has 21 heavy (non-hydrogen) atoms. The van der Waals surface area contributed by atoms with Crippen molar-refractivity contribution in [1.29, 1.82) is 0 Å². The van der Waals surface area contributed by atoms with E-state index in [4.69, 9.17) is 0 Å². The number of likely N-dealkylation sites (N-methyl/N-ethyl adjacent to an activating group) is 1. The van der Waals surface area contributed by atoms with E-state index >= 15 is 0 Å². The second kappa shape index (κ2) is 7.11. The van der Waals surface area contributed by atoms with Gasteiger partial charge < -0.3 is 20.2 Å². The van der Waals surface area contributed by atoms with E-state index in [1.165, 1.54) is 4.90 Å². The van der Waals surface area contributed by atoms with Gasteiger partial charge in [0.2, 0.25) is 0 Å². The van der Waals surface area contributed by atoms with Gasteiger partial charge in [-0.1, -0.05) is 13.3 Å². The van der Waals surface area contributed by atoms with Crippen LogP contribution in [-0.2, 0) is 4.79 Å². The molecule has 2 N–H and O–H groups in total. The monoisotopic (exact) mass is 297 g/mol. The first kappa shape index (κ1) is 16.1. The van der Waals surface area contributed by atoms with Gasteiger partial charge in [-0.3, -0.25) is 0 Å². The first-order valence-electron chi connectivity index (χ1n) is 7.99. The zero-order valence-electron chi connectivity index (χ0n) is 13.0. The molecule has 2 fully saturated rings. The Morgan fingerprint density at radius 2 is 2.05 bits per heavy atom. The largest absolute Gasteiger partial charge is 0.480 e. The third kappa shape index (κ3) is 4.09. The summed E-state index contributed by atoms with van der Waals surface area (Å²) in [5, 5.41) is 12.4. The number of nitrogens with one attached hydrogen (secondary N) is 1. The average molecular weight is 297 g/mol. The summed E-state index contributed by atoms with van der Waals surface area (Å²) in [7, 11) is 2.05. The summed E-state index contributed by atoms with van der Waals surface area (Å²) >= 11 is 0. The quantitative estimate of drug-likeness (QED) is 0.825. The van der Waals surface area contributed by atoms with Crippen molar-refractivity contribution in [2.75, 3.05) is 26.7 Å². The first-order valence-corrected chi connectivity index (χ1v) is 7.99. The van der Waals surface area contributed by atoms with Gasteiger partial charge in [-0.05, 0) is 45.2 Å². The zero-order valence-corrected chi connectivity index (χ0v) is 13.0. The summed E-state index contributed by atoms with van der Waals surface area (Å²) in [4.78, 5) is 27.6. The maximum atomic E-state index is 12.4. The molecule has 3 atom stereocenters. The molecular formula is C15H27N3O3. The number of likely N-dealkylation sites (tertiary alicyclic amines) is 2. The van der Waals surface area contributed by atoms with Crippen molar-refractivity contribution in [3.8, 4) is 0 Å². The Bertz CT molecular complexity index is 388. The van der Waals surface area contributed by atoms with Gasteiger partial charge in [0, 0.05) is 19.1 Å². The van der Waals surface area contributed by atoms with Gasteiger partial charge in [0.1, 0.15) is 6.04 Å². The van der Waals surface area contributed by atoms with Crippen LogP contribution in [0.1, 0.15) is 39.0 Å². The van der Waals surface area contributed by atoms with Crippen LogP contribution in [-0.4, -0.2) is 65.7 Å². The van der Waals surface area contributed by atoms with E-state index in [2.05, 4.69) is 17.1 Å². The standard InChI is InChI=1S/C15H27N3O3/c1-3-11-6-8-18(13(9-11)14(19)20)15(21)16-12-5-4-7-17(2)10-12/h11-13H,3-10H2,1-2H3,(H,16,21)(H,19,20). The van der Waals surface area contributed by atoms with E-state index in [0.717, 1.165) is 38.8 Å². The predicted octanol–water partition coefficient (Wildman–Crippen LogP) is 1.37. The Morgan fingerprint density at radius 3 is 2.67 bits per heavy atom. The average Bonchev–Trinajstić information content (AvgIpc) is 2.46. The van der Waals surface area contributed by atoms with Gasteiger partial charge in [-0.25, -0.2) is 9.59 Å². The predicted molar refractivity (Wildman–Crippen MR) is 80.2 cm³/mol. The molecule has 0 bridgehead atoms. The van der Waals surface area contributed by atoms with E-state index in [9.17, 15) is 14.7 Å². The minimum atomic E-state index is -0.885. The third-order valence-corrected chi connectivity index (χ3v) is 4.79. The number of carboxylic acids is 1. The molecule has 120 valence electrons. The van der Waals surface area contributed by atoms with Crippen LogP contribution in [0.15, 0.2) is 0 Å². The summed E-state index contributed by atoms with van der Waals surface area (Å²) < 4.78 is 0. The molecule has 0 aromatic carbocycles. The Balaban J connectivity index is 1.95. The molecule has 2 amide bonds. The van der Waals surface area contributed by atoms with Crippen molar-refractivity contribution in [3.05, 3.63) is 0 Å². The number of rotatable bonds is 3. The summed E-state index contributed by atoms with van der Waals surface area (Å²) in [5.41, 5.74) is 0. The molecule has 6 nitrogen and oxygen atoms in total. The lowest BCUT2D eigenvalue weighted by Crippen LogP contribution is -2.57. The fraction of sp³-hybridized carbons (Fsp3) is 0.867. The highest BCUT2D eigenvalue weighted by Crippen LogP contribution is 2.25. The van der Waals surface area contributed by atoms with Crippen LogP contribution in [0.25, 0.3) is 0 Å². The molecule has 0 radical (unpaired) electrons.